The van der Waals surface area contributed by atoms with Crippen LogP contribution in [0.4, 0.5) is 0 Å². The second-order valence-electron chi connectivity index (χ2n) is 5.52. The quantitative estimate of drug-likeness (QED) is 0.630. The molecule has 0 N–H and O–H groups in total. The van der Waals surface area contributed by atoms with Crippen LogP contribution in [-0.2, 0) is 28.4 Å². The predicted octanol–water partition coefficient (Wildman–Crippen LogP) is 1.56. The molecule has 0 atom stereocenters. The van der Waals surface area contributed by atoms with Gasteiger partial charge in [-0.25, -0.2) is 13.2 Å². The van der Waals surface area contributed by atoms with E-state index in [1.807, 2.05) is 0 Å². The van der Waals surface area contributed by atoms with Crippen LogP contribution in [0.15, 0.2) is 55.3 Å². The minimum absolute atomic E-state index is 0.0796. The summed E-state index contributed by atoms with van der Waals surface area (Å²) in [6.45, 7) is 0.598. The summed E-state index contributed by atoms with van der Waals surface area (Å²) in [5.41, 5.74) is 1.49. The molecule has 0 aliphatic carbocycles. The number of fused-ring (bicyclic) bond motifs is 1. The summed E-state index contributed by atoms with van der Waals surface area (Å²) in [4.78, 5) is 11.7. The Morgan fingerprint density at radius 1 is 1.28 bits per heavy atom. The lowest BCUT2D eigenvalue weighted by Crippen LogP contribution is -2.33. The van der Waals surface area contributed by atoms with E-state index in [-0.39, 0.29) is 24.6 Å². The standard InChI is InChI=1S/C16H18N2O6S/c1-17-14-9-13(3-4-15(14)24-16(17)19)25(20,21)18(6-8-22-2)10-12-5-7-23-11-12/h3-5,7,9,11H,6,8,10H2,1-2H3. The first-order chi connectivity index (χ1) is 11.9. The lowest BCUT2D eigenvalue weighted by molar-refractivity contribution is 0.177. The van der Waals surface area contributed by atoms with Gasteiger partial charge in [-0.2, -0.15) is 4.31 Å². The summed E-state index contributed by atoms with van der Waals surface area (Å²) in [5.74, 6) is -0.542. The first-order valence-electron chi connectivity index (χ1n) is 7.53. The lowest BCUT2D eigenvalue weighted by atomic mass is 10.3. The molecule has 0 saturated carbocycles. The topological polar surface area (TPSA) is 94.9 Å². The van der Waals surface area contributed by atoms with Crippen molar-refractivity contribution in [1.29, 1.82) is 0 Å². The van der Waals surface area contributed by atoms with Crippen LogP contribution in [0.2, 0.25) is 0 Å². The molecule has 9 heteroatoms. The van der Waals surface area contributed by atoms with Crippen LogP contribution in [0, 0.1) is 0 Å². The molecule has 0 aliphatic rings. The highest BCUT2D eigenvalue weighted by Crippen LogP contribution is 2.22. The molecule has 2 aromatic heterocycles. The van der Waals surface area contributed by atoms with Crippen molar-refractivity contribution in [1.82, 2.24) is 8.87 Å². The summed E-state index contributed by atoms with van der Waals surface area (Å²) < 4.78 is 43.8. The largest absolute Gasteiger partial charge is 0.472 e. The molecule has 1 aromatic carbocycles. The van der Waals surface area contributed by atoms with Crippen molar-refractivity contribution in [3.63, 3.8) is 0 Å². The molecule has 0 fully saturated rings. The summed E-state index contributed by atoms with van der Waals surface area (Å²) in [6.07, 6.45) is 2.99. The Morgan fingerprint density at radius 2 is 2.08 bits per heavy atom. The van der Waals surface area contributed by atoms with Crippen LogP contribution in [0.5, 0.6) is 0 Å². The van der Waals surface area contributed by atoms with Crippen molar-refractivity contribution in [3.05, 3.63) is 52.9 Å². The van der Waals surface area contributed by atoms with Crippen molar-refractivity contribution >= 4 is 21.1 Å². The average molecular weight is 366 g/mol. The molecule has 0 aliphatic heterocycles. The third-order valence-corrected chi connectivity index (χ3v) is 5.73. The van der Waals surface area contributed by atoms with E-state index >= 15 is 0 Å². The lowest BCUT2D eigenvalue weighted by Gasteiger charge is -2.21. The van der Waals surface area contributed by atoms with E-state index in [2.05, 4.69) is 0 Å². The third-order valence-electron chi connectivity index (χ3n) is 3.88. The Morgan fingerprint density at radius 3 is 2.76 bits per heavy atom. The third kappa shape index (κ3) is 3.39. The van der Waals surface area contributed by atoms with Gasteiger partial charge < -0.3 is 13.6 Å². The smallest absolute Gasteiger partial charge is 0.419 e. The van der Waals surface area contributed by atoms with E-state index in [0.29, 0.717) is 11.1 Å². The minimum Gasteiger partial charge on any atom is -0.472 e. The molecular weight excluding hydrogens is 348 g/mol. The van der Waals surface area contributed by atoms with E-state index < -0.39 is 15.8 Å². The Bertz CT molecular complexity index is 1020. The first kappa shape index (κ1) is 17.5. The van der Waals surface area contributed by atoms with Gasteiger partial charge >= 0.3 is 5.76 Å². The first-order valence-corrected chi connectivity index (χ1v) is 8.97. The zero-order valence-corrected chi connectivity index (χ0v) is 14.7. The number of methoxy groups -OCH3 is 1. The second-order valence-corrected chi connectivity index (χ2v) is 7.46. The molecule has 0 amide bonds. The number of aromatic nitrogens is 1. The zero-order chi connectivity index (χ0) is 18.0. The number of hydrogen-bond acceptors (Lipinski definition) is 6. The van der Waals surface area contributed by atoms with Gasteiger partial charge in [0.1, 0.15) is 0 Å². The van der Waals surface area contributed by atoms with Crippen molar-refractivity contribution in [3.8, 4) is 0 Å². The summed E-state index contributed by atoms with van der Waals surface area (Å²) in [5, 5.41) is 0. The van der Waals surface area contributed by atoms with Gasteiger partial charge in [-0.05, 0) is 24.3 Å². The molecule has 0 saturated heterocycles. The zero-order valence-electron chi connectivity index (χ0n) is 13.8. The summed E-state index contributed by atoms with van der Waals surface area (Å²) in [7, 11) is -0.757. The van der Waals surface area contributed by atoms with E-state index in [1.54, 1.807) is 6.07 Å². The summed E-state index contributed by atoms with van der Waals surface area (Å²) >= 11 is 0. The van der Waals surface area contributed by atoms with Crippen LogP contribution in [0.1, 0.15) is 5.56 Å². The molecule has 0 spiro atoms. The number of rotatable bonds is 7. The summed E-state index contributed by atoms with van der Waals surface area (Å²) in [6, 6.07) is 6.05. The predicted molar refractivity (Wildman–Crippen MR) is 89.6 cm³/mol. The van der Waals surface area contributed by atoms with Gasteiger partial charge in [0.15, 0.2) is 5.58 Å². The van der Waals surface area contributed by atoms with Crippen LogP contribution in [0.3, 0.4) is 0 Å². The molecular formula is C16H18N2O6S. The van der Waals surface area contributed by atoms with Crippen LogP contribution < -0.4 is 5.76 Å². The molecule has 8 nitrogen and oxygen atoms in total. The van der Waals surface area contributed by atoms with Gasteiger partial charge in [0, 0.05) is 32.8 Å². The van der Waals surface area contributed by atoms with Crippen molar-refractivity contribution in [2.24, 2.45) is 7.05 Å². The molecule has 25 heavy (non-hydrogen) atoms. The SMILES string of the molecule is COCCN(Cc1ccoc1)S(=O)(=O)c1ccc2oc(=O)n(C)c2c1. The second kappa shape index (κ2) is 6.87. The number of nitrogens with zero attached hydrogens (tertiary/aromatic N) is 2. The number of aryl methyl sites for hydroxylation is 1. The van der Waals surface area contributed by atoms with Crippen molar-refractivity contribution < 1.29 is 22.0 Å². The van der Waals surface area contributed by atoms with Gasteiger partial charge in [0.05, 0.1) is 29.5 Å². The monoisotopic (exact) mass is 366 g/mol. The van der Waals surface area contributed by atoms with Gasteiger partial charge in [-0.1, -0.05) is 0 Å². The molecule has 0 unspecified atom stereocenters. The van der Waals surface area contributed by atoms with E-state index in [1.165, 1.54) is 53.8 Å². The van der Waals surface area contributed by atoms with E-state index in [9.17, 15) is 13.2 Å². The number of oxazole rings is 1. The molecule has 3 rings (SSSR count). The van der Waals surface area contributed by atoms with Crippen molar-refractivity contribution in [2.45, 2.75) is 11.4 Å². The van der Waals surface area contributed by atoms with Crippen LogP contribution >= 0.6 is 0 Å². The number of ether oxygens (including phenoxy) is 1. The van der Waals surface area contributed by atoms with Crippen molar-refractivity contribution in [2.75, 3.05) is 20.3 Å². The molecule has 0 radical (unpaired) electrons. The average Bonchev–Trinajstić information content (AvgIpc) is 3.20. The minimum atomic E-state index is -3.79. The fourth-order valence-electron chi connectivity index (χ4n) is 2.48. The molecule has 134 valence electrons. The van der Waals surface area contributed by atoms with Gasteiger partial charge in [-0.15, -0.1) is 0 Å². The maximum Gasteiger partial charge on any atom is 0.419 e. The fraction of sp³-hybridized carbons (Fsp3) is 0.312. The van der Waals surface area contributed by atoms with E-state index in [0.717, 1.165) is 5.56 Å². The maximum atomic E-state index is 13.0. The highest BCUT2D eigenvalue weighted by Gasteiger charge is 2.26. The number of furan rings is 1. The maximum absolute atomic E-state index is 13.0. The normalized spacial score (nSPS) is 12.3. The fourth-order valence-corrected chi connectivity index (χ4v) is 3.91. The van der Waals surface area contributed by atoms with Gasteiger partial charge in [0.25, 0.3) is 0 Å². The number of hydrogen-bond donors (Lipinski definition) is 0. The Kier molecular flexibility index (Phi) is 4.80. The molecule has 0 bridgehead atoms. The highest BCUT2D eigenvalue weighted by atomic mass is 32.2. The molecule has 2 heterocycles. The highest BCUT2D eigenvalue weighted by molar-refractivity contribution is 7.89. The molecule has 3 aromatic rings. The Hall–Kier alpha value is -2.36. The van der Waals surface area contributed by atoms with Gasteiger partial charge in [-0.3, -0.25) is 4.57 Å². The van der Waals surface area contributed by atoms with E-state index in [4.69, 9.17) is 13.6 Å². The Balaban J connectivity index is 2.01. The van der Waals surface area contributed by atoms with Gasteiger partial charge in [0.2, 0.25) is 10.0 Å². The number of sulfonamides is 1. The number of benzene rings is 1. The van der Waals surface area contributed by atoms with Crippen LogP contribution in [-0.4, -0.2) is 37.6 Å². The Labute approximate surface area is 144 Å². The van der Waals surface area contributed by atoms with Crippen LogP contribution in [0.25, 0.3) is 11.1 Å².